The fourth-order valence-electron chi connectivity index (χ4n) is 3.68. The summed E-state index contributed by atoms with van der Waals surface area (Å²) in [6, 6.07) is 19.1. The number of aromatic nitrogens is 1. The number of fused-ring (bicyclic) bond motifs is 1. The Balaban J connectivity index is 1.84. The highest BCUT2D eigenvalue weighted by molar-refractivity contribution is 6.30. The summed E-state index contributed by atoms with van der Waals surface area (Å²) >= 11 is 5.98. The minimum Gasteiger partial charge on any atom is -0.508 e. The first kappa shape index (κ1) is 23.5. The van der Waals surface area contributed by atoms with Gasteiger partial charge in [-0.2, -0.15) is 0 Å². The molecule has 0 amide bonds. The third-order valence-electron chi connectivity index (χ3n) is 5.30. The summed E-state index contributed by atoms with van der Waals surface area (Å²) in [7, 11) is 0. The molecule has 1 heterocycles. The molecule has 0 saturated carbocycles. The number of hydrogen-bond donors (Lipinski definition) is 1. The predicted molar refractivity (Wildman–Crippen MR) is 133 cm³/mol. The van der Waals surface area contributed by atoms with Gasteiger partial charge >= 0.3 is 5.97 Å². The monoisotopic (exact) mass is 479 g/mol. The Labute approximate surface area is 203 Å². The molecule has 0 spiro atoms. The zero-order chi connectivity index (χ0) is 24.1. The number of carbonyl (C=O) groups is 1. The topological polar surface area (TPSA) is 69.9 Å². The number of hydrogen-bond acceptors (Lipinski definition) is 5. The van der Waals surface area contributed by atoms with E-state index in [0.29, 0.717) is 45.6 Å². The molecule has 0 unspecified atom stereocenters. The summed E-state index contributed by atoms with van der Waals surface area (Å²) in [5.74, 6) is 1.77. The highest BCUT2D eigenvalue weighted by Gasteiger charge is 2.26. The summed E-state index contributed by atoms with van der Waals surface area (Å²) in [4.78, 5) is 13.1. The van der Waals surface area contributed by atoms with Crippen molar-refractivity contribution < 1.29 is 24.1 Å². The lowest BCUT2D eigenvalue weighted by molar-refractivity contribution is 0.0525. The molecule has 1 N–H and O–H groups in total. The highest BCUT2D eigenvalue weighted by Crippen LogP contribution is 2.39. The first-order valence-electron chi connectivity index (χ1n) is 11.2. The first-order chi connectivity index (χ1) is 16.5. The van der Waals surface area contributed by atoms with Gasteiger partial charge in [0, 0.05) is 17.0 Å². The smallest absolute Gasteiger partial charge is 0.344 e. The van der Waals surface area contributed by atoms with Gasteiger partial charge in [-0.15, -0.1) is 0 Å². The van der Waals surface area contributed by atoms with Crippen LogP contribution < -0.4 is 9.47 Å². The number of rotatable bonds is 9. The highest BCUT2D eigenvalue weighted by atomic mass is 35.5. The first-order valence-corrected chi connectivity index (χ1v) is 11.6. The van der Waals surface area contributed by atoms with Crippen LogP contribution in [-0.2, 0) is 11.3 Å². The number of unbranched alkanes of at least 4 members (excludes halogenated alkanes) is 1. The number of nitrogens with zero attached hydrogens (tertiary/aromatic N) is 1. The average Bonchev–Trinajstić information content (AvgIpc) is 3.13. The minimum atomic E-state index is -0.472. The number of benzene rings is 3. The van der Waals surface area contributed by atoms with E-state index in [4.69, 9.17) is 25.8 Å². The molecule has 0 saturated heterocycles. The second kappa shape index (κ2) is 10.5. The molecular weight excluding hydrogens is 454 g/mol. The number of halogens is 1. The maximum atomic E-state index is 13.1. The molecule has 0 radical (unpaired) electrons. The summed E-state index contributed by atoms with van der Waals surface area (Å²) in [5.41, 5.74) is 1.18. The second-order valence-electron chi connectivity index (χ2n) is 7.74. The van der Waals surface area contributed by atoms with Crippen molar-refractivity contribution in [2.75, 3.05) is 6.61 Å². The van der Waals surface area contributed by atoms with Crippen LogP contribution in [0.15, 0.2) is 66.7 Å². The van der Waals surface area contributed by atoms with Gasteiger partial charge in [-0.25, -0.2) is 4.79 Å². The molecule has 0 atom stereocenters. The molecule has 0 aliphatic rings. The van der Waals surface area contributed by atoms with Crippen LogP contribution in [0.4, 0.5) is 0 Å². The number of phenolic OH excluding ortho intramolecular Hbond substituents is 1. The van der Waals surface area contributed by atoms with E-state index < -0.39 is 5.97 Å². The van der Waals surface area contributed by atoms with Gasteiger partial charge in [0.1, 0.15) is 28.6 Å². The van der Waals surface area contributed by atoms with E-state index in [-0.39, 0.29) is 12.4 Å². The van der Waals surface area contributed by atoms with Crippen molar-refractivity contribution in [2.45, 2.75) is 33.2 Å². The van der Waals surface area contributed by atoms with Crippen molar-refractivity contribution in [3.05, 3.63) is 77.3 Å². The number of phenols is 1. The molecule has 7 heteroatoms. The van der Waals surface area contributed by atoms with E-state index in [9.17, 15) is 9.90 Å². The van der Waals surface area contributed by atoms with Crippen molar-refractivity contribution in [3.8, 4) is 28.9 Å². The van der Waals surface area contributed by atoms with Gasteiger partial charge in [0.2, 0.25) is 5.88 Å². The van der Waals surface area contributed by atoms with E-state index in [1.807, 2.05) is 22.8 Å². The summed E-state index contributed by atoms with van der Waals surface area (Å²) < 4.78 is 19.6. The number of ether oxygens (including phenoxy) is 3. The summed E-state index contributed by atoms with van der Waals surface area (Å²) in [5, 5.41) is 10.9. The maximum Gasteiger partial charge on any atom is 0.344 e. The third kappa shape index (κ3) is 5.13. The normalized spacial score (nSPS) is 10.9. The Kier molecular flexibility index (Phi) is 7.28. The van der Waals surface area contributed by atoms with Crippen molar-refractivity contribution in [2.24, 2.45) is 0 Å². The van der Waals surface area contributed by atoms with Crippen LogP contribution in [-0.4, -0.2) is 22.2 Å². The molecule has 4 aromatic rings. The SMILES string of the molecule is CCCCn1c(Oc2ccc(O)cc2)c(C(=O)OCC)c2cc(Oc3ccc(Cl)cc3)ccc21. The molecule has 4 rings (SSSR count). The number of esters is 1. The van der Waals surface area contributed by atoms with Gasteiger partial charge in [-0.1, -0.05) is 24.9 Å². The van der Waals surface area contributed by atoms with Crippen LogP contribution in [0, 0.1) is 0 Å². The summed E-state index contributed by atoms with van der Waals surface area (Å²) in [6.07, 6.45) is 1.88. The third-order valence-corrected chi connectivity index (χ3v) is 5.55. The molecule has 0 fully saturated rings. The lowest BCUT2D eigenvalue weighted by atomic mass is 10.1. The summed E-state index contributed by atoms with van der Waals surface area (Å²) in [6.45, 7) is 4.78. The number of aromatic hydroxyl groups is 1. The molecule has 0 bridgehead atoms. The van der Waals surface area contributed by atoms with Gasteiger partial charge in [0.05, 0.1) is 12.1 Å². The molecule has 34 heavy (non-hydrogen) atoms. The standard InChI is InChI=1S/C27H26ClNO5/c1-3-5-16-29-24-15-14-22(33-20-10-6-18(28)7-11-20)17-23(24)25(27(31)32-4-2)26(29)34-21-12-8-19(30)9-13-21/h6-15,17,30H,3-5,16H2,1-2H3. The minimum absolute atomic E-state index is 0.133. The number of aryl methyl sites for hydroxylation is 1. The Morgan fingerprint density at radius 2 is 1.56 bits per heavy atom. The zero-order valence-electron chi connectivity index (χ0n) is 19.1. The van der Waals surface area contributed by atoms with Gasteiger partial charge in [-0.05, 0) is 80.1 Å². The van der Waals surface area contributed by atoms with Gasteiger partial charge in [0.15, 0.2) is 0 Å². The number of carbonyl (C=O) groups excluding carboxylic acids is 1. The molecule has 176 valence electrons. The van der Waals surface area contributed by atoms with E-state index in [2.05, 4.69) is 6.92 Å². The molecule has 1 aromatic heterocycles. The fraction of sp³-hybridized carbons (Fsp3) is 0.222. The lowest BCUT2D eigenvalue weighted by Crippen LogP contribution is -2.07. The predicted octanol–water partition coefficient (Wildman–Crippen LogP) is 7.56. The molecule has 6 nitrogen and oxygen atoms in total. The Bertz CT molecular complexity index is 1280. The van der Waals surface area contributed by atoms with Gasteiger partial charge in [-0.3, -0.25) is 0 Å². The van der Waals surface area contributed by atoms with Crippen LogP contribution in [0.25, 0.3) is 10.9 Å². The maximum absolute atomic E-state index is 13.1. The van der Waals surface area contributed by atoms with Crippen LogP contribution in [0.2, 0.25) is 5.02 Å². The van der Waals surface area contributed by atoms with Crippen LogP contribution in [0.5, 0.6) is 28.9 Å². The fourth-order valence-corrected chi connectivity index (χ4v) is 3.81. The Morgan fingerprint density at radius 3 is 2.24 bits per heavy atom. The average molecular weight is 480 g/mol. The van der Waals surface area contributed by atoms with Crippen molar-refractivity contribution in [3.63, 3.8) is 0 Å². The molecule has 0 aliphatic heterocycles. The lowest BCUT2D eigenvalue weighted by Gasteiger charge is -2.13. The van der Waals surface area contributed by atoms with Crippen LogP contribution in [0.3, 0.4) is 0 Å². The second-order valence-corrected chi connectivity index (χ2v) is 8.17. The van der Waals surface area contributed by atoms with Gasteiger partial charge in [0.25, 0.3) is 0 Å². The largest absolute Gasteiger partial charge is 0.508 e. The van der Waals surface area contributed by atoms with Crippen molar-refractivity contribution in [1.82, 2.24) is 4.57 Å². The van der Waals surface area contributed by atoms with E-state index in [1.54, 1.807) is 43.3 Å². The molecule has 0 aliphatic carbocycles. The van der Waals surface area contributed by atoms with Crippen LogP contribution in [0.1, 0.15) is 37.0 Å². The van der Waals surface area contributed by atoms with E-state index in [1.165, 1.54) is 12.1 Å². The van der Waals surface area contributed by atoms with Crippen molar-refractivity contribution >= 4 is 28.5 Å². The zero-order valence-corrected chi connectivity index (χ0v) is 19.8. The molecule has 3 aromatic carbocycles. The molecular formula is C27H26ClNO5. The van der Waals surface area contributed by atoms with E-state index in [0.717, 1.165) is 18.4 Å². The Morgan fingerprint density at radius 1 is 0.912 bits per heavy atom. The van der Waals surface area contributed by atoms with Crippen LogP contribution >= 0.6 is 11.6 Å². The Hall–Kier alpha value is -3.64. The van der Waals surface area contributed by atoms with Crippen molar-refractivity contribution in [1.29, 1.82) is 0 Å². The van der Waals surface area contributed by atoms with Gasteiger partial charge < -0.3 is 23.9 Å². The van der Waals surface area contributed by atoms with E-state index >= 15 is 0 Å². The quantitative estimate of drug-likeness (QED) is 0.251.